The maximum atomic E-state index is 12.4. The molecule has 2 nitrogen and oxygen atoms in total. The smallest absolute Gasteiger partial charge is 0.196 e. The fraction of sp³-hybridized carbons (Fsp3) is 0.0833. The van der Waals surface area contributed by atoms with Crippen LogP contribution < -0.4 is 4.74 Å². The normalized spacial score (nSPS) is 10.4. The largest absolute Gasteiger partial charge is 0.497 e. The molecule has 0 amide bonds. The van der Waals surface area contributed by atoms with Gasteiger partial charge in [-0.3, -0.25) is 4.79 Å². The molecule has 0 bridgehead atoms. The first-order valence-electron chi connectivity index (χ1n) is 4.86. The van der Waals surface area contributed by atoms with Crippen LogP contribution in [0.15, 0.2) is 36.3 Å². The molecule has 0 fully saturated rings. The van der Waals surface area contributed by atoms with E-state index >= 15 is 0 Å². The molecule has 1 aromatic heterocycles. The first-order valence-corrected chi connectivity index (χ1v) is 8.05. The number of ketones is 1. The van der Waals surface area contributed by atoms with E-state index in [-0.39, 0.29) is 5.78 Å². The molecule has 0 aliphatic carbocycles. The Labute approximate surface area is 134 Å². The summed E-state index contributed by atoms with van der Waals surface area (Å²) in [4.78, 5) is 12.4. The molecule has 1 aromatic carbocycles. The molecule has 0 saturated carbocycles. The first-order chi connectivity index (χ1) is 8.52. The van der Waals surface area contributed by atoms with E-state index < -0.39 is 0 Å². The molecule has 0 N–H and O–H groups in total. The van der Waals surface area contributed by atoms with Gasteiger partial charge in [-0.15, -0.1) is 11.3 Å². The molecule has 0 spiro atoms. The number of carbonyl (C=O) groups excluding carboxylic acids is 1. The van der Waals surface area contributed by atoms with E-state index in [0.29, 0.717) is 16.9 Å². The van der Waals surface area contributed by atoms with E-state index in [1.807, 2.05) is 6.07 Å². The van der Waals surface area contributed by atoms with Crippen molar-refractivity contribution < 1.29 is 9.53 Å². The first kappa shape index (κ1) is 14.2. The summed E-state index contributed by atoms with van der Waals surface area (Å²) in [5.74, 6) is 0.683. The highest BCUT2D eigenvalue weighted by atomic mass is 79.9. The Bertz CT molecular complexity index is 607. The van der Waals surface area contributed by atoms with E-state index in [1.165, 1.54) is 11.3 Å². The number of thiophene rings is 1. The van der Waals surface area contributed by atoms with Crippen molar-refractivity contribution in [3.05, 3.63) is 47.4 Å². The third-order valence-electron chi connectivity index (χ3n) is 2.32. The number of benzene rings is 1. The van der Waals surface area contributed by atoms with Crippen LogP contribution in [0.2, 0.25) is 0 Å². The Morgan fingerprint density at radius 3 is 2.39 bits per heavy atom. The van der Waals surface area contributed by atoms with Crippen molar-refractivity contribution in [2.75, 3.05) is 7.11 Å². The minimum atomic E-state index is -0.0293. The number of methoxy groups -OCH3 is 1. The molecule has 18 heavy (non-hydrogen) atoms. The van der Waals surface area contributed by atoms with Gasteiger partial charge in [-0.05, 0) is 72.1 Å². The number of halogens is 3. The summed E-state index contributed by atoms with van der Waals surface area (Å²) < 4.78 is 7.57. The summed E-state index contributed by atoms with van der Waals surface area (Å²) in [5, 5.41) is 0. The summed E-state index contributed by atoms with van der Waals surface area (Å²) in [6, 6.07) is 7.12. The minimum absolute atomic E-state index is 0.0293. The lowest BCUT2D eigenvalue weighted by atomic mass is 10.1. The van der Waals surface area contributed by atoms with Crippen molar-refractivity contribution in [3.8, 4) is 5.75 Å². The Balaban J connectivity index is 2.43. The van der Waals surface area contributed by atoms with Crippen molar-refractivity contribution >= 4 is 64.9 Å². The van der Waals surface area contributed by atoms with Gasteiger partial charge >= 0.3 is 0 Å². The zero-order valence-corrected chi connectivity index (χ0v) is 14.7. The fourth-order valence-corrected chi connectivity index (χ4v) is 4.78. The Kier molecular flexibility index (Phi) is 4.64. The lowest BCUT2D eigenvalue weighted by Crippen LogP contribution is -2.01. The summed E-state index contributed by atoms with van der Waals surface area (Å²) in [6.45, 7) is 0. The molecular weight excluding hydrogens is 448 g/mol. The molecule has 0 aliphatic rings. The second-order valence-electron chi connectivity index (χ2n) is 3.41. The van der Waals surface area contributed by atoms with Gasteiger partial charge in [0.15, 0.2) is 5.78 Å². The molecule has 0 saturated heterocycles. The molecule has 94 valence electrons. The van der Waals surface area contributed by atoms with Crippen molar-refractivity contribution in [3.63, 3.8) is 0 Å². The molecule has 0 radical (unpaired) electrons. The second-order valence-corrected chi connectivity index (χ2v) is 8.02. The van der Waals surface area contributed by atoms with Gasteiger partial charge in [-0.2, -0.15) is 0 Å². The van der Waals surface area contributed by atoms with Gasteiger partial charge in [0.1, 0.15) is 5.75 Å². The van der Waals surface area contributed by atoms with Crippen molar-refractivity contribution in [1.82, 2.24) is 0 Å². The maximum absolute atomic E-state index is 12.4. The highest BCUT2D eigenvalue weighted by Gasteiger charge is 2.18. The Morgan fingerprint density at radius 1 is 1.17 bits per heavy atom. The Hall–Kier alpha value is -0.170. The quantitative estimate of drug-likeness (QED) is 0.590. The monoisotopic (exact) mass is 452 g/mol. The highest BCUT2D eigenvalue weighted by molar-refractivity contribution is 9.12. The van der Waals surface area contributed by atoms with Gasteiger partial charge in [0, 0.05) is 15.6 Å². The van der Waals surface area contributed by atoms with Crippen LogP contribution in [0.1, 0.15) is 15.9 Å². The van der Waals surface area contributed by atoms with Gasteiger partial charge in [0.2, 0.25) is 0 Å². The van der Waals surface area contributed by atoms with Crippen LogP contribution in [0.5, 0.6) is 5.75 Å². The standard InChI is InChI=1S/C12H7Br3O2S/c1-17-6-2-3-7(9(13)4-6)11(16)8-5-10(14)18-12(8)15/h2-5H,1H3. The SMILES string of the molecule is COc1ccc(C(=O)c2cc(Br)sc2Br)c(Br)c1. The molecule has 1 heterocycles. The predicted octanol–water partition coefficient (Wildman–Crippen LogP) is 5.28. The number of ether oxygens (including phenoxy) is 1. The Morgan fingerprint density at radius 2 is 1.89 bits per heavy atom. The number of hydrogen-bond donors (Lipinski definition) is 0. The third-order valence-corrected chi connectivity index (χ3v) is 5.32. The van der Waals surface area contributed by atoms with Crippen molar-refractivity contribution in [1.29, 1.82) is 0 Å². The highest BCUT2D eigenvalue weighted by Crippen LogP contribution is 2.34. The van der Waals surface area contributed by atoms with Gasteiger partial charge in [-0.1, -0.05) is 0 Å². The van der Waals surface area contributed by atoms with Crippen LogP contribution in [-0.4, -0.2) is 12.9 Å². The maximum Gasteiger partial charge on any atom is 0.196 e. The molecule has 2 aromatic rings. The molecule has 0 atom stereocenters. The van der Waals surface area contributed by atoms with Crippen LogP contribution in [0.3, 0.4) is 0 Å². The van der Waals surface area contributed by atoms with Crippen LogP contribution in [0, 0.1) is 0 Å². The van der Waals surface area contributed by atoms with Crippen molar-refractivity contribution in [2.24, 2.45) is 0 Å². The third kappa shape index (κ3) is 2.87. The van der Waals surface area contributed by atoms with Crippen LogP contribution in [0.25, 0.3) is 0 Å². The van der Waals surface area contributed by atoms with Crippen LogP contribution in [0.4, 0.5) is 0 Å². The molecule has 0 unspecified atom stereocenters. The summed E-state index contributed by atoms with van der Waals surface area (Å²) >= 11 is 11.6. The predicted molar refractivity (Wildman–Crippen MR) is 83.8 cm³/mol. The number of rotatable bonds is 3. The summed E-state index contributed by atoms with van der Waals surface area (Å²) in [7, 11) is 1.59. The number of hydrogen-bond acceptors (Lipinski definition) is 3. The lowest BCUT2D eigenvalue weighted by Gasteiger charge is -2.05. The van der Waals surface area contributed by atoms with Gasteiger partial charge in [-0.25, -0.2) is 0 Å². The van der Waals surface area contributed by atoms with E-state index in [0.717, 1.165) is 12.0 Å². The van der Waals surface area contributed by atoms with E-state index in [2.05, 4.69) is 47.8 Å². The molecule has 2 rings (SSSR count). The van der Waals surface area contributed by atoms with Crippen LogP contribution >= 0.6 is 59.1 Å². The zero-order valence-electron chi connectivity index (χ0n) is 9.17. The fourth-order valence-electron chi connectivity index (χ4n) is 1.45. The summed E-state index contributed by atoms with van der Waals surface area (Å²) in [6.07, 6.45) is 0. The van der Waals surface area contributed by atoms with Gasteiger partial charge < -0.3 is 4.74 Å². The minimum Gasteiger partial charge on any atom is -0.497 e. The number of carbonyl (C=O) groups is 1. The zero-order chi connectivity index (χ0) is 13.3. The van der Waals surface area contributed by atoms with E-state index in [1.54, 1.807) is 25.3 Å². The second kappa shape index (κ2) is 5.86. The molecule has 6 heteroatoms. The summed E-state index contributed by atoms with van der Waals surface area (Å²) in [5.41, 5.74) is 1.26. The topological polar surface area (TPSA) is 26.3 Å². The van der Waals surface area contributed by atoms with Crippen molar-refractivity contribution in [2.45, 2.75) is 0 Å². The van der Waals surface area contributed by atoms with E-state index in [9.17, 15) is 4.79 Å². The molecule has 0 aliphatic heterocycles. The lowest BCUT2D eigenvalue weighted by molar-refractivity contribution is 0.103. The van der Waals surface area contributed by atoms with E-state index in [4.69, 9.17) is 4.74 Å². The molecular formula is C12H7Br3O2S. The average molecular weight is 455 g/mol. The average Bonchev–Trinajstić information content (AvgIpc) is 2.67. The van der Waals surface area contributed by atoms with Gasteiger partial charge in [0.05, 0.1) is 14.7 Å². The van der Waals surface area contributed by atoms with Crippen LogP contribution in [-0.2, 0) is 0 Å². The van der Waals surface area contributed by atoms with Gasteiger partial charge in [0.25, 0.3) is 0 Å².